The number of ether oxygens (including phenoxy) is 1. The highest BCUT2D eigenvalue weighted by molar-refractivity contribution is 6.26. The molecule has 1 aromatic heterocycles. The van der Waals surface area contributed by atoms with E-state index in [0.29, 0.717) is 29.1 Å². The monoisotopic (exact) mass is 506 g/mol. The molecule has 38 heavy (non-hydrogen) atoms. The minimum Gasteiger partial charge on any atom is -0.497 e. The van der Waals surface area contributed by atoms with Gasteiger partial charge < -0.3 is 15.0 Å². The quantitative estimate of drug-likeness (QED) is 0.367. The summed E-state index contributed by atoms with van der Waals surface area (Å²) >= 11 is 0. The second-order valence-electron chi connectivity index (χ2n) is 10.3. The fraction of sp³-hybridized carbons (Fsp3) is 0.233. The number of aromatic amines is 1. The predicted octanol–water partition coefficient (Wildman–Crippen LogP) is 3.65. The Kier molecular flexibility index (Phi) is 4.81. The van der Waals surface area contributed by atoms with Gasteiger partial charge in [0.2, 0.25) is 17.7 Å². The molecule has 190 valence electrons. The number of aryl methyl sites for hydroxylation is 1. The van der Waals surface area contributed by atoms with E-state index in [0.717, 1.165) is 22.0 Å². The van der Waals surface area contributed by atoms with Gasteiger partial charge >= 0.3 is 0 Å². The minimum atomic E-state index is -1.34. The van der Waals surface area contributed by atoms with Crippen molar-refractivity contribution in [1.82, 2.24) is 10.3 Å². The largest absolute Gasteiger partial charge is 0.497 e. The molecule has 0 bridgehead atoms. The number of methoxy groups -OCH3 is 1. The van der Waals surface area contributed by atoms with Crippen LogP contribution >= 0.6 is 0 Å². The van der Waals surface area contributed by atoms with Gasteiger partial charge in [-0.2, -0.15) is 0 Å². The number of H-pyrrole nitrogens is 1. The molecule has 8 heteroatoms. The summed E-state index contributed by atoms with van der Waals surface area (Å²) in [5.41, 5.74) is 3.47. The molecule has 4 heterocycles. The Hall–Kier alpha value is -4.43. The van der Waals surface area contributed by atoms with Crippen molar-refractivity contribution >= 4 is 40.0 Å². The molecule has 0 unspecified atom stereocenters. The molecular formula is C30H26N4O4. The van der Waals surface area contributed by atoms with Crippen LogP contribution in [0.3, 0.4) is 0 Å². The lowest BCUT2D eigenvalue weighted by molar-refractivity contribution is -0.130. The van der Waals surface area contributed by atoms with E-state index >= 15 is 0 Å². The van der Waals surface area contributed by atoms with Crippen molar-refractivity contribution < 1.29 is 19.1 Å². The number of para-hydroxylation sites is 1. The molecule has 3 aliphatic heterocycles. The summed E-state index contributed by atoms with van der Waals surface area (Å²) in [6.07, 6.45) is 2.42. The van der Waals surface area contributed by atoms with Crippen LogP contribution in [-0.4, -0.2) is 35.9 Å². The van der Waals surface area contributed by atoms with Gasteiger partial charge in [-0.05, 0) is 43.2 Å². The van der Waals surface area contributed by atoms with Crippen molar-refractivity contribution in [3.05, 3.63) is 89.6 Å². The fourth-order valence-electron chi connectivity index (χ4n) is 6.63. The van der Waals surface area contributed by atoms with E-state index in [2.05, 4.69) is 15.6 Å². The Morgan fingerprint density at radius 2 is 1.82 bits per heavy atom. The number of carbonyl (C=O) groups is 3. The normalized spacial score (nSPS) is 25.8. The first-order chi connectivity index (χ1) is 18.4. The van der Waals surface area contributed by atoms with E-state index in [4.69, 9.17) is 4.74 Å². The molecule has 8 nitrogen and oxygen atoms in total. The highest BCUT2D eigenvalue weighted by atomic mass is 16.5. The zero-order valence-electron chi connectivity index (χ0n) is 20.9. The van der Waals surface area contributed by atoms with Gasteiger partial charge in [0.15, 0.2) is 0 Å². The molecule has 4 atom stereocenters. The number of imide groups is 1. The number of nitrogens with one attached hydrogen (secondary N) is 3. The molecular weight excluding hydrogens is 480 g/mol. The van der Waals surface area contributed by atoms with Gasteiger partial charge in [0.25, 0.3) is 0 Å². The van der Waals surface area contributed by atoms with Crippen LogP contribution in [0.2, 0.25) is 0 Å². The molecule has 3 aromatic carbocycles. The number of hydrogen-bond donors (Lipinski definition) is 3. The van der Waals surface area contributed by atoms with Crippen molar-refractivity contribution in [3.63, 3.8) is 0 Å². The van der Waals surface area contributed by atoms with Crippen LogP contribution in [0.25, 0.3) is 10.9 Å². The Bertz CT molecular complexity index is 1660. The maximum absolute atomic E-state index is 14.2. The number of rotatable bonds is 4. The summed E-state index contributed by atoms with van der Waals surface area (Å²) in [4.78, 5) is 46.6. The molecule has 1 spiro atoms. The first-order valence-corrected chi connectivity index (χ1v) is 12.7. The van der Waals surface area contributed by atoms with E-state index in [1.165, 1.54) is 4.90 Å². The maximum Gasteiger partial charge on any atom is 0.250 e. The van der Waals surface area contributed by atoms with Gasteiger partial charge in [-0.25, -0.2) is 4.90 Å². The van der Waals surface area contributed by atoms with Crippen LogP contribution in [0.15, 0.2) is 72.9 Å². The van der Waals surface area contributed by atoms with Gasteiger partial charge in [-0.15, -0.1) is 0 Å². The summed E-state index contributed by atoms with van der Waals surface area (Å²) in [6, 6.07) is 20.2. The topological polar surface area (TPSA) is 104 Å². The summed E-state index contributed by atoms with van der Waals surface area (Å²) in [5.74, 6) is -2.06. The summed E-state index contributed by atoms with van der Waals surface area (Å²) in [5, 5.41) is 7.57. The fourth-order valence-corrected chi connectivity index (χ4v) is 6.63. The van der Waals surface area contributed by atoms with Crippen molar-refractivity contribution in [2.24, 2.45) is 11.8 Å². The molecule has 2 saturated heterocycles. The van der Waals surface area contributed by atoms with E-state index in [9.17, 15) is 14.4 Å². The lowest BCUT2D eigenvalue weighted by atomic mass is 9.76. The highest BCUT2D eigenvalue weighted by Crippen LogP contribution is 2.54. The van der Waals surface area contributed by atoms with E-state index < -0.39 is 23.4 Å². The van der Waals surface area contributed by atoms with E-state index in [1.807, 2.05) is 55.6 Å². The van der Waals surface area contributed by atoms with Crippen LogP contribution in [-0.2, 0) is 26.3 Å². The number of nitrogens with zero attached hydrogens (tertiary/aromatic N) is 1. The van der Waals surface area contributed by atoms with Gasteiger partial charge in [-0.3, -0.25) is 19.7 Å². The second-order valence-corrected chi connectivity index (χ2v) is 10.3. The maximum atomic E-state index is 14.2. The third kappa shape index (κ3) is 2.98. The summed E-state index contributed by atoms with van der Waals surface area (Å²) < 4.78 is 5.35. The van der Waals surface area contributed by atoms with E-state index in [-0.39, 0.29) is 17.7 Å². The molecule has 3 aliphatic rings. The Morgan fingerprint density at radius 3 is 2.66 bits per heavy atom. The standard InChI is InChI=1S/C30H26N4O4/c1-16-10-11-23-21(12-16)30(29(37)32-23)26-25(24(33-30)13-17-15-31-22-9-4-3-8-20(17)22)27(35)34(28(26)36)18-6-5-7-19(14-18)38-2/h3-12,14-15,24-26,31,33H,13H2,1-2H3,(H,32,37)/t24-,25+,26-,30-/m0/s1. The zero-order chi connectivity index (χ0) is 26.2. The highest BCUT2D eigenvalue weighted by Gasteiger charge is 2.70. The third-order valence-electron chi connectivity index (χ3n) is 8.30. The third-order valence-corrected chi connectivity index (χ3v) is 8.30. The molecule has 4 aromatic rings. The smallest absolute Gasteiger partial charge is 0.250 e. The molecule has 7 rings (SSSR count). The number of aromatic nitrogens is 1. The van der Waals surface area contributed by atoms with Crippen LogP contribution in [0, 0.1) is 18.8 Å². The number of hydrogen-bond acceptors (Lipinski definition) is 5. The first-order valence-electron chi connectivity index (χ1n) is 12.7. The predicted molar refractivity (Wildman–Crippen MR) is 143 cm³/mol. The average molecular weight is 507 g/mol. The van der Waals surface area contributed by atoms with Crippen LogP contribution in [0.5, 0.6) is 5.75 Å². The van der Waals surface area contributed by atoms with Gasteiger partial charge in [0, 0.05) is 40.5 Å². The number of carbonyl (C=O) groups excluding carboxylic acids is 3. The second kappa shape index (κ2) is 8.03. The minimum absolute atomic E-state index is 0.303. The lowest BCUT2D eigenvalue weighted by Gasteiger charge is -2.29. The van der Waals surface area contributed by atoms with Crippen LogP contribution < -0.4 is 20.3 Å². The molecule has 2 fully saturated rings. The molecule has 3 N–H and O–H groups in total. The van der Waals surface area contributed by atoms with Gasteiger partial charge in [-0.1, -0.05) is 42.0 Å². The Morgan fingerprint density at radius 1 is 0.974 bits per heavy atom. The number of anilines is 2. The molecule has 0 saturated carbocycles. The number of amides is 3. The Balaban J connectivity index is 1.38. The van der Waals surface area contributed by atoms with Crippen LogP contribution in [0.1, 0.15) is 16.7 Å². The van der Waals surface area contributed by atoms with Crippen molar-refractivity contribution in [2.75, 3.05) is 17.3 Å². The first kappa shape index (κ1) is 22.7. The molecule has 0 radical (unpaired) electrons. The van der Waals surface area contributed by atoms with E-state index in [1.54, 1.807) is 31.4 Å². The molecule has 3 amide bonds. The summed E-state index contributed by atoms with van der Waals surface area (Å²) in [6.45, 7) is 1.96. The Labute approximate surface area is 219 Å². The average Bonchev–Trinajstić information content (AvgIpc) is 3.63. The SMILES string of the molecule is COc1cccc(N2C(=O)[C@@H]3[C@H](Cc4c[nH]c5ccccc45)N[C@]4(C(=O)Nc5ccc(C)cc54)[C@@H]3C2=O)c1. The van der Waals surface area contributed by atoms with Gasteiger partial charge in [0.05, 0.1) is 24.6 Å². The van der Waals surface area contributed by atoms with Gasteiger partial charge in [0.1, 0.15) is 11.3 Å². The number of fused-ring (bicyclic) bond motifs is 5. The van der Waals surface area contributed by atoms with Crippen molar-refractivity contribution in [2.45, 2.75) is 24.9 Å². The summed E-state index contributed by atoms with van der Waals surface area (Å²) in [7, 11) is 1.54. The van der Waals surface area contributed by atoms with Crippen molar-refractivity contribution in [1.29, 1.82) is 0 Å². The zero-order valence-corrected chi connectivity index (χ0v) is 20.9. The molecule has 0 aliphatic carbocycles. The van der Waals surface area contributed by atoms with Crippen molar-refractivity contribution in [3.8, 4) is 5.75 Å². The lowest BCUT2D eigenvalue weighted by Crippen LogP contribution is -2.53. The number of benzene rings is 3. The van der Waals surface area contributed by atoms with Crippen LogP contribution in [0.4, 0.5) is 11.4 Å².